The number of amides is 1. The fourth-order valence-corrected chi connectivity index (χ4v) is 3.75. The maximum Gasteiger partial charge on any atom is 0.425 e. The van der Waals surface area contributed by atoms with E-state index in [2.05, 4.69) is 0 Å². The summed E-state index contributed by atoms with van der Waals surface area (Å²) >= 11 is 0. The monoisotopic (exact) mass is 318 g/mol. The second-order valence-electron chi connectivity index (χ2n) is 4.63. The van der Waals surface area contributed by atoms with Crippen molar-refractivity contribution in [3.8, 4) is 0 Å². The van der Waals surface area contributed by atoms with Gasteiger partial charge in [-0.25, -0.2) is 9.10 Å². The van der Waals surface area contributed by atoms with Gasteiger partial charge in [-0.05, 0) is 24.3 Å². The number of cyclic esters (lactones) is 1. The summed E-state index contributed by atoms with van der Waals surface area (Å²) in [6.07, 6.45) is -0.850. The van der Waals surface area contributed by atoms with Gasteiger partial charge in [-0.2, -0.15) is 12.7 Å². The van der Waals surface area contributed by atoms with Crippen LogP contribution in [-0.4, -0.2) is 32.0 Å². The number of nitrogens with zero attached hydrogens (tertiary/aromatic N) is 2. The van der Waals surface area contributed by atoms with Crippen molar-refractivity contribution in [2.45, 2.75) is 0 Å². The quantitative estimate of drug-likeness (QED) is 0.869. The molecule has 7 heteroatoms. The first kappa shape index (κ1) is 14.4. The minimum absolute atomic E-state index is 0.0112. The molecule has 6 nitrogen and oxygen atoms in total. The second-order valence-corrected chi connectivity index (χ2v) is 6.33. The molecule has 0 N–H and O–H groups in total. The average molecular weight is 318 g/mol. The zero-order chi connectivity index (χ0) is 15.6. The van der Waals surface area contributed by atoms with E-state index in [1.807, 2.05) is 0 Å². The lowest BCUT2D eigenvalue weighted by Gasteiger charge is -2.27. The standard InChI is InChI=1S/C15H14N2O4S/c18-15-16(11-12-21-15)22(19,20)17(13-7-3-1-4-8-13)14-9-5-2-6-10-14/h1-10H,11-12H2. The smallest absolute Gasteiger partial charge is 0.425 e. The Kier molecular flexibility index (Phi) is 3.72. The molecule has 1 aliphatic heterocycles. The largest absolute Gasteiger partial charge is 0.447 e. The van der Waals surface area contributed by atoms with Gasteiger partial charge in [0, 0.05) is 0 Å². The summed E-state index contributed by atoms with van der Waals surface area (Å²) in [4.78, 5) is 11.7. The second kappa shape index (κ2) is 5.69. The van der Waals surface area contributed by atoms with E-state index >= 15 is 0 Å². The number of anilines is 2. The van der Waals surface area contributed by atoms with E-state index in [0.29, 0.717) is 11.4 Å². The van der Waals surface area contributed by atoms with Crippen LogP contribution in [0.2, 0.25) is 0 Å². The molecule has 1 fully saturated rings. The van der Waals surface area contributed by atoms with Gasteiger partial charge in [-0.1, -0.05) is 36.4 Å². The summed E-state index contributed by atoms with van der Waals surface area (Å²) in [5.41, 5.74) is 0.904. The van der Waals surface area contributed by atoms with Crippen molar-refractivity contribution in [1.82, 2.24) is 4.31 Å². The minimum Gasteiger partial charge on any atom is -0.447 e. The third-order valence-electron chi connectivity index (χ3n) is 3.21. The minimum atomic E-state index is -4.06. The van der Waals surface area contributed by atoms with E-state index in [-0.39, 0.29) is 13.2 Å². The third-order valence-corrected chi connectivity index (χ3v) is 4.99. The van der Waals surface area contributed by atoms with Crippen molar-refractivity contribution in [1.29, 1.82) is 0 Å². The lowest BCUT2D eigenvalue weighted by molar-refractivity contribution is 0.170. The Labute approximate surface area is 128 Å². The van der Waals surface area contributed by atoms with Crippen molar-refractivity contribution in [2.24, 2.45) is 0 Å². The molecule has 1 saturated heterocycles. The van der Waals surface area contributed by atoms with Crippen LogP contribution in [0.5, 0.6) is 0 Å². The Morgan fingerprint density at radius 1 is 0.909 bits per heavy atom. The summed E-state index contributed by atoms with van der Waals surface area (Å²) in [6, 6.07) is 17.2. The number of benzene rings is 2. The van der Waals surface area contributed by atoms with Gasteiger partial charge >= 0.3 is 16.3 Å². The highest BCUT2D eigenvalue weighted by atomic mass is 32.2. The fourth-order valence-electron chi connectivity index (χ4n) is 2.23. The average Bonchev–Trinajstić information content (AvgIpc) is 2.96. The topological polar surface area (TPSA) is 66.9 Å². The molecule has 1 heterocycles. The third kappa shape index (κ3) is 2.50. The molecule has 3 rings (SSSR count). The molecule has 0 bridgehead atoms. The highest BCUT2D eigenvalue weighted by molar-refractivity contribution is 7.91. The Morgan fingerprint density at radius 2 is 1.41 bits per heavy atom. The molecule has 2 aromatic carbocycles. The molecule has 0 aliphatic carbocycles. The number of hydrogen-bond acceptors (Lipinski definition) is 4. The molecule has 0 saturated carbocycles. The van der Waals surface area contributed by atoms with Crippen LogP contribution in [0.15, 0.2) is 60.7 Å². The molecule has 0 aromatic heterocycles. The first-order valence-electron chi connectivity index (χ1n) is 6.70. The summed E-state index contributed by atoms with van der Waals surface area (Å²) < 4.78 is 32.4. The summed E-state index contributed by atoms with van der Waals surface area (Å²) in [6.45, 7) is 0.0762. The van der Waals surface area contributed by atoms with Gasteiger partial charge in [0.2, 0.25) is 0 Å². The molecule has 0 radical (unpaired) electrons. The van der Waals surface area contributed by atoms with Crippen LogP contribution < -0.4 is 4.31 Å². The molecule has 2 aromatic rings. The van der Waals surface area contributed by atoms with Gasteiger partial charge in [0.1, 0.15) is 6.61 Å². The summed E-state index contributed by atoms with van der Waals surface area (Å²) in [5.74, 6) is 0. The van der Waals surface area contributed by atoms with E-state index in [4.69, 9.17) is 4.74 Å². The van der Waals surface area contributed by atoms with Crippen molar-refractivity contribution in [2.75, 3.05) is 17.5 Å². The number of ether oxygens (including phenoxy) is 1. The molecular formula is C15H14N2O4S. The zero-order valence-corrected chi connectivity index (χ0v) is 12.4. The van der Waals surface area contributed by atoms with Crippen LogP contribution in [0, 0.1) is 0 Å². The van der Waals surface area contributed by atoms with Gasteiger partial charge in [-0.15, -0.1) is 0 Å². The van der Waals surface area contributed by atoms with Crippen molar-refractivity contribution < 1.29 is 17.9 Å². The first-order valence-corrected chi connectivity index (χ1v) is 8.10. The Balaban J connectivity index is 2.12. The molecule has 1 amide bonds. The number of rotatable bonds is 4. The van der Waals surface area contributed by atoms with Gasteiger partial charge < -0.3 is 4.74 Å². The summed E-state index contributed by atoms with van der Waals surface area (Å²) in [5, 5.41) is 0. The first-order chi connectivity index (χ1) is 10.6. The number of hydrogen-bond donors (Lipinski definition) is 0. The molecule has 0 unspecified atom stereocenters. The molecule has 0 atom stereocenters. The van der Waals surface area contributed by atoms with E-state index in [9.17, 15) is 13.2 Å². The van der Waals surface area contributed by atoms with E-state index < -0.39 is 16.3 Å². The van der Waals surface area contributed by atoms with Gasteiger partial charge in [0.15, 0.2) is 0 Å². The van der Waals surface area contributed by atoms with Crippen molar-refractivity contribution in [3.05, 3.63) is 60.7 Å². The summed E-state index contributed by atoms with van der Waals surface area (Å²) in [7, 11) is -4.06. The lowest BCUT2D eigenvalue weighted by Crippen LogP contribution is -2.42. The predicted molar refractivity (Wildman–Crippen MR) is 82.0 cm³/mol. The van der Waals surface area contributed by atoms with E-state index in [0.717, 1.165) is 8.61 Å². The predicted octanol–water partition coefficient (Wildman–Crippen LogP) is 2.52. The molecule has 0 spiro atoms. The van der Waals surface area contributed by atoms with Crippen molar-refractivity contribution >= 4 is 27.7 Å². The van der Waals surface area contributed by atoms with Crippen LogP contribution in [0.4, 0.5) is 16.2 Å². The van der Waals surface area contributed by atoms with Crippen LogP contribution in [0.3, 0.4) is 0 Å². The van der Waals surface area contributed by atoms with E-state index in [1.165, 1.54) is 0 Å². The number of carbonyl (C=O) groups excluding carboxylic acids is 1. The molecule has 22 heavy (non-hydrogen) atoms. The number of carbonyl (C=O) groups is 1. The Bertz CT molecular complexity index is 723. The van der Waals surface area contributed by atoms with Gasteiger partial charge in [-0.3, -0.25) is 0 Å². The van der Waals surface area contributed by atoms with E-state index in [1.54, 1.807) is 60.7 Å². The van der Waals surface area contributed by atoms with Crippen molar-refractivity contribution in [3.63, 3.8) is 0 Å². The molecule has 114 valence electrons. The van der Waals surface area contributed by atoms with Gasteiger partial charge in [0.05, 0.1) is 17.9 Å². The van der Waals surface area contributed by atoms with Crippen LogP contribution in [0.25, 0.3) is 0 Å². The zero-order valence-electron chi connectivity index (χ0n) is 11.6. The number of para-hydroxylation sites is 2. The normalized spacial score (nSPS) is 14.7. The highest BCUT2D eigenvalue weighted by Gasteiger charge is 2.39. The Morgan fingerprint density at radius 3 is 1.82 bits per heavy atom. The van der Waals surface area contributed by atoms with Crippen LogP contribution in [0.1, 0.15) is 0 Å². The maximum atomic E-state index is 12.9. The molecule has 1 aliphatic rings. The lowest BCUT2D eigenvalue weighted by atomic mass is 10.3. The highest BCUT2D eigenvalue weighted by Crippen LogP contribution is 2.31. The van der Waals surface area contributed by atoms with Crippen LogP contribution in [-0.2, 0) is 14.9 Å². The van der Waals surface area contributed by atoms with Crippen LogP contribution >= 0.6 is 0 Å². The Hall–Kier alpha value is -2.54. The fraction of sp³-hybridized carbons (Fsp3) is 0.133. The maximum absolute atomic E-state index is 12.9. The SMILES string of the molecule is O=C1OCCN1S(=O)(=O)N(c1ccccc1)c1ccccc1. The van der Waals surface area contributed by atoms with Gasteiger partial charge in [0.25, 0.3) is 0 Å². The molecular weight excluding hydrogens is 304 g/mol.